The molecule has 21 heavy (non-hydrogen) atoms. The van der Waals surface area contributed by atoms with Crippen LogP contribution in [0.4, 0.5) is 0 Å². The van der Waals surface area contributed by atoms with Gasteiger partial charge in [-0.15, -0.1) is 5.10 Å². The summed E-state index contributed by atoms with van der Waals surface area (Å²) in [7, 11) is 0. The first kappa shape index (κ1) is 15.9. The Balaban J connectivity index is 1.93. The van der Waals surface area contributed by atoms with Crippen molar-refractivity contribution >= 4 is 5.91 Å². The molecule has 1 aliphatic carbocycles. The van der Waals surface area contributed by atoms with Crippen LogP contribution >= 0.6 is 0 Å². The molecule has 3 N–H and O–H groups in total. The fourth-order valence-corrected chi connectivity index (χ4v) is 2.59. The number of rotatable bonds is 3. The van der Waals surface area contributed by atoms with Gasteiger partial charge in [0.25, 0.3) is 5.91 Å². The van der Waals surface area contributed by atoms with Crippen LogP contribution in [0.25, 0.3) is 0 Å². The van der Waals surface area contributed by atoms with Crippen LogP contribution in [0.5, 0.6) is 0 Å². The summed E-state index contributed by atoms with van der Waals surface area (Å²) < 4.78 is 0. The van der Waals surface area contributed by atoms with Gasteiger partial charge in [-0.2, -0.15) is 0 Å². The Labute approximate surface area is 125 Å². The number of carbonyl (C=O) groups excluding carboxylic acids is 1. The van der Waals surface area contributed by atoms with Gasteiger partial charge in [-0.25, -0.2) is 4.98 Å². The smallest absolute Gasteiger partial charge is 0.291 e. The molecule has 1 aliphatic rings. The van der Waals surface area contributed by atoms with Gasteiger partial charge in [-0.1, -0.05) is 46.5 Å². The Bertz CT molecular complexity index is 482. The van der Waals surface area contributed by atoms with Crippen LogP contribution < -0.4 is 5.32 Å². The van der Waals surface area contributed by atoms with Gasteiger partial charge in [0, 0.05) is 12.0 Å². The molecule has 0 saturated heterocycles. The number of carbonyl (C=O) groups is 1. The molecule has 0 aromatic carbocycles. The topological polar surface area (TPSA) is 90.9 Å². The zero-order valence-corrected chi connectivity index (χ0v) is 13.2. The van der Waals surface area contributed by atoms with Crippen LogP contribution in [0.3, 0.4) is 0 Å². The Morgan fingerprint density at radius 2 is 1.90 bits per heavy atom. The lowest BCUT2D eigenvalue weighted by Gasteiger charge is -2.26. The monoisotopic (exact) mass is 294 g/mol. The highest BCUT2D eigenvalue weighted by Crippen LogP contribution is 2.26. The summed E-state index contributed by atoms with van der Waals surface area (Å²) in [5.74, 6) is 0.484. The molecule has 2 rings (SSSR count). The molecular formula is C15H26N4O2. The molecule has 0 atom stereocenters. The third-order valence-corrected chi connectivity index (χ3v) is 4.01. The van der Waals surface area contributed by atoms with Crippen molar-refractivity contribution in [1.29, 1.82) is 0 Å². The maximum atomic E-state index is 12.1. The highest BCUT2D eigenvalue weighted by Gasteiger charge is 2.29. The van der Waals surface area contributed by atoms with Gasteiger partial charge in [0.2, 0.25) is 5.82 Å². The number of nitrogens with one attached hydrogen (secondary N) is 2. The molecule has 0 spiro atoms. The normalized spacial score (nSPS) is 19.0. The molecule has 1 amide bonds. The third-order valence-electron chi connectivity index (χ3n) is 4.01. The number of H-pyrrole nitrogens is 1. The van der Waals surface area contributed by atoms with E-state index in [1.54, 1.807) is 0 Å². The van der Waals surface area contributed by atoms with Crippen molar-refractivity contribution in [3.8, 4) is 0 Å². The Morgan fingerprint density at radius 1 is 1.29 bits per heavy atom. The third kappa shape index (κ3) is 4.27. The average Bonchev–Trinajstić information content (AvgIpc) is 2.81. The lowest BCUT2D eigenvalue weighted by atomic mass is 9.94. The Hall–Kier alpha value is -1.43. The summed E-state index contributed by atoms with van der Waals surface area (Å²) in [4.78, 5) is 16.3. The second kappa shape index (κ2) is 6.13. The molecular weight excluding hydrogens is 268 g/mol. The molecule has 0 aliphatic heterocycles. The quantitative estimate of drug-likeness (QED) is 0.743. The largest absolute Gasteiger partial charge is 0.388 e. The summed E-state index contributed by atoms with van der Waals surface area (Å²) in [6, 6.07) is 0. The molecule has 0 bridgehead atoms. The molecule has 0 unspecified atom stereocenters. The summed E-state index contributed by atoms with van der Waals surface area (Å²) in [5, 5.41) is 20.0. The van der Waals surface area contributed by atoms with E-state index in [-0.39, 0.29) is 23.7 Å². The molecule has 1 aromatic rings. The average molecular weight is 294 g/mol. The maximum Gasteiger partial charge on any atom is 0.291 e. The number of aromatic amines is 1. The number of amides is 1. The fraction of sp³-hybridized carbons (Fsp3) is 0.800. The molecule has 0 radical (unpaired) electrons. The first-order valence-electron chi connectivity index (χ1n) is 7.74. The van der Waals surface area contributed by atoms with Gasteiger partial charge >= 0.3 is 0 Å². The minimum absolute atomic E-state index is 0.136. The predicted molar refractivity (Wildman–Crippen MR) is 80.1 cm³/mol. The van der Waals surface area contributed by atoms with E-state index in [0.717, 1.165) is 38.5 Å². The van der Waals surface area contributed by atoms with Crippen molar-refractivity contribution in [2.24, 2.45) is 0 Å². The second-order valence-corrected chi connectivity index (χ2v) is 7.08. The standard InChI is InChI=1S/C15H26N4O2/c1-14(2,3)13-17-11(18-19-13)12(20)16-10-15(21)8-6-4-5-7-9-15/h21H,4-10H2,1-3H3,(H,16,20)(H,17,18,19). The van der Waals surface area contributed by atoms with Gasteiger partial charge in [0.05, 0.1) is 5.60 Å². The highest BCUT2D eigenvalue weighted by molar-refractivity contribution is 5.90. The number of hydrogen-bond acceptors (Lipinski definition) is 4. The lowest BCUT2D eigenvalue weighted by molar-refractivity contribution is 0.0245. The van der Waals surface area contributed by atoms with E-state index >= 15 is 0 Å². The van der Waals surface area contributed by atoms with Crippen LogP contribution in [-0.2, 0) is 5.41 Å². The van der Waals surface area contributed by atoms with Crippen LogP contribution in [0, 0.1) is 0 Å². The van der Waals surface area contributed by atoms with Crippen LogP contribution in [0.1, 0.15) is 75.7 Å². The maximum absolute atomic E-state index is 12.1. The SMILES string of the molecule is CC(C)(C)c1nc(C(=O)NCC2(O)CCCCCC2)n[nH]1. The molecule has 6 nitrogen and oxygen atoms in total. The number of hydrogen-bond donors (Lipinski definition) is 3. The van der Waals surface area contributed by atoms with Crippen LogP contribution in [-0.4, -0.2) is 38.3 Å². The zero-order valence-electron chi connectivity index (χ0n) is 13.2. The van der Waals surface area contributed by atoms with Crippen molar-refractivity contribution in [1.82, 2.24) is 20.5 Å². The van der Waals surface area contributed by atoms with E-state index in [2.05, 4.69) is 20.5 Å². The Morgan fingerprint density at radius 3 is 2.43 bits per heavy atom. The highest BCUT2D eigenvalue weighted by atomic mass is 16.3. The first-order chi connectivity index (χ1) is 9.80. The summed E-state index contributed by atoms with van der Waals surface area (Å²) in [5.41, 5.74) is -0.958. The van der Waals surface area contributed by atoms with Crippen LogP contribution in [0.15, 0.2) is 0 Å². The number of aromatic nitrogens is 3. The molecule has 6 heteroatoms. The van der Waals surface area contributed by atoms with Crippen molar-refractivity contribution in [3.05, 3.63) is 11.6 Å². The van der Waals surface area contributed by atoms with E-state index in [4.69, 9.17) is 0 Å². The van der Waals surface area contributed by atoms with E-state index in [1.165, 1.54) is 0 Å². The van der Waals surface area contributed by atoms with Crippen molar-refractivity contribution < 1.29 is 9.90 Å². The minimum Gasteiger partial charge on any atom is -0.388 e. The Kier molecular flexibility index (Phi) is 4.66. The molecule has 1 saturated carbocycles. The van der Waals surface area contributed by atoms with Crippen molar-refractivity contribution in [2.75, 3.05) is 6.54 Å². The van der Waals surface area contributed by atoms with Gasteiger partial charge in [-0.3, -0.25) is 9.89 Å². The van der Waals surface area contributed by atoms with E-state index in [1.807, 2.05) is 20.8 Å². The lowest BCUT2D eigenvalue weighted by Crippen LogP contribution is -2.42. The van der Waals surface area contributed by atoms with E-state index < -0.39 is 5.60 Å². The van der Waals surface area contributed by atoms with Crippen molar-refractivity contribution in [3.63, 3.8) is 0 Å². The van der Waals surface area contributed by atoms with Gasteiger partial charge in [0.1, 0.15) is 5.82 Å². The summed E-state index contributed by atoms with van der Waals surface area (Å²) in [6.07, 6.45) is 5.84. The first-order valence-corrected chi connectivity index (χ1v) is 7.74. The van der Waals surface area contributed by atoms with Crippen molar-refractivity contribution in [2.45, 2.75) is 70.3 Å². The van der Waals surface area contributed by atoms with Gasteiger partial charge < -0.3 is 10.4 Å². The molecule has 1 fully saturated rings. The van der Waals surface area contributed by atoms with Gasteiger partial charge in [-0.05, 0) is 12.8 Å². The fourth-order valence-electron chi connectivity index (χ4n) is 2.59. The number of aliphatic hydroxyl groups is 1. The molecule has 1 heterocycles. The minimum atomic E-state index is -0.782. The van der Waals surface area contributed by atoms with Crippen LogP contribution in [0.2, 0.25) is 0 Å². The predicted octanol–water partition coefficient (Wildman–Crippen LogP) is 1.92. The molecule has 1 aromatic heterocycles. The number of nitrogens with zero attached hydrogens (tertiary/aromatic N) is 2. The summed E-state index contributed by atoms with van der Waals surface area (Å²) >= 11 is 0. The second-order valence-electron chi connectivity index (χ2n) is 7.08. The van der Waals surface area contributed by atoms with Gasteiger partial charge in [0.15, 0.2) is 0 Å². The van der Waals surface area contributed by atoms with E-state index in [0.29, 0.717) is 5.82 Å². The van der Waals surface area contributed by atoms with E-state index in [9.17, 15) is 9.90 Å². The summed E-state index contributed by atoms with van der Waals surface area (Å²) in [6.45, 7) is 6.28. The molecule has 118 valence electrons. The zero-order chi connectivity index (χ0) is 15.5.